The summed E-state index contributed by atoms with van der Waals surface area (Å²) in [5.74, 6) is 0.326. The van der Waals surface area contributed by atoms with Crippen molar-refractivity contribution in [3.8, 4) is 22.6 Å². The Labute approximate surface area is 454 Å². The smallest absolute Gasteiger partial charge is 0.488 e. The third kappa shape index (κ3) is 20.0. The minimum atomic E-state index is -1.56. The van der Waals surface area contributed by atoms with Gasteiger partial charge in [0.05, 0.1) is 21.3 Å². The van der Waals surface area contributed by atoms with Gasteiger partial charge in [0.2, 0.25) is 0 Å². The number of aromatic hydroxyl groups is 2. The number of aryl methyl sites for hydroxylation is 2. The first-order valence-corrected chi connectivity index (χ1v) is 24.4. The van der Waals surface area contributed by atoms with Crippen LogP contribution < -0.4 is 16.1 Å². The zero-order valence-corrected chi connectivity index (χ0v) is 45.7. The third-order valence-electron chi connectivity index (χ3n) is 10.2. The van der Waals surface area contributed by atoms with Crippen molar-refractivity contribution in [1.82, 2.24) is 0 Å². The molecule has 20 nitrogen and oxygen atoms in total. The molecule has 0 aliphatic heterocycles. The lowest BCUT2D eigenvalue weighted by atomic mass is 9.80. The third-order valence-corrected chi connectivity index (χ3v) is 11.1. The maximum absolute atomic E-state index is 12.2. The molecule has 2 amide bonds. The van der Waals surface area contributed by atoms with Crippen LogP contribution in [0.2, 0.25) is 0 Å². The van der Waals surface area contributed by atoms with E-state index in [-0.39, 0.29) is 36.1 Å². The summed E-state index contributed by atoms with van der Waals surface area (Å²) in [6.07, 6.45) is -1.14. The van der Waals surface area contributed by atoms with Gasteiger partial charge >= 0.3 is 19.3 Å². The Morgan fingerprint density at radius 2 is 1.04 bits per heavy atom. The van der Waals surface area contributed by atoms with Crippen LogP contribution in [-0.2, 0) is 32.4 Å². The summed E-state index contributed by atoms with van der Waals surface area (Å²) in [5, 5.41) is 73.0. The standard InChI is InChI=1S/C27H29N3O6.C16H15IN2O4.C11H16BNO4/c1-17-13-24(20-7-6-8-21(14-20)28-26(32)36-27(3,4)5)23(15-25(17)31)18(2)29-35-16-19-9-11-22(12-10-19)30(33)34;1-10-7-15(17)14(8-16(10)20)11(2)18-23-9-12-3-5-13(6-4-12)19(21)22;1-11(2,3)17-10(14)13-9-6-4-5-8(7-9)12(15)16/h6-15,31H,16H2,1-5H3,(H,28,32);3-8,20H,9H2,1-2H3;4-7,15-16H,1-3H3,(H,13,14)/b29-18+;18-11+;. The molecule has 22 heteroatoms. The Morgan fingerprint density at radius 3 is 1.49 bits per heavy atom. The largest absolute Gasteiger partial charge is 0.508 e. The molecule has 400 valence electrons. The van der Waals surface area contributed by atoms with E-state index >= 15 is 0 Å². The van der Waals surface area contributed by atoms with Gasteiger partial charge in [0.1, 0.15) is 35.9 Å². The molecule has 0 heterocycles. The highest BCUT2D eigenvalue weighted by Crippen LogP contribution is 2.33. The zero-order chi connectivity index (χ0) is 56.5. The first-order chi connectivity index (χ1) is 35.6. The molecule has 6 aromatic rings. The van der Waals surface area contributed by atoms with Crippen molar-refractivity contribution in [2.75, 3.05) is 10.6 Å². The predicted molar refractivity (Wildman–Crippen MR) is 300 cm³/mol. The molecular formula is C54H60BIN6O14. The summed E-state index contributed by atoms with van der Waals surface area (Å²) in [5.41, 5.74) is 7.36. The average Bonchev–Trinajstić information content (AvgIpc) is 3.33. The molecule has 6 aromatic carbocycles. The van der Waals surface area contributed by atoms with Crippen LogP contribution in [0.3, 0.4) is 0 Å². The highest BCUT2D eigenvalue weighted by atomic mass is 127. The lowest BCUT2D eigenvalue weighted by molar-refractivity contribution is -0.385. The topological polar surface area (TPSA) is 287 Å². The number of nitrogens with zero attached hydrogens (tertiary/aromatic N) is 4. The number of hydrogen-bond acceptors (Lipinski definition) is 16. The maximum atomic E-state index is 12.2. The molecule has 0 radical (unpaired) electrons. The van der Waals surface area contributed by atoms with Crippen LogP contribution in [0.4, 0.5) is 32.3 Å². The zero-order valence-electron chi connectivity index (χ0n) is 43.6. The average molecular weight is 1150 g/mol. The van der Waals surface area contributed by atoms with Gasteiger partial charge in [0, 0.05) is 50.3 Å². The van der Waals surface area contributed by atoms with Crippen LogP contribution in [-0.4, -0.2) is 72.0 Å². The van der Waals surface area contributed by atoms with Gasteiger partial charge in [-0.3, -0.25) is 30.9 Å². The number of phenols is 2. The second-order valence-electron chi connectivity index (χ2n) is 18.9. The quantitative estimate of drug-likeness (QED) is 0.0194. The number of nitrogens with one attached hydrogen (secondary N) is 2. The SMILES string of the molecule is C/C(=N\OCc1ccc([N+](=O)[O-])cc1)c1cc(O)c(C)cc1-c1cccc(NC(=O)OC(C)(C)C)c1.C/C(=N\OCc1ccc([N+](=O)[O-])cc1)c1cc(O)c(C)cc1I.CC(C)(C)OC(=O)Nc1cccc(B(O)O)c1. The highest BCUT2D eigenvalue weighted by Gasteiger charge is 2.19. The lowest BCUT2D eigenvalue weighted by Gasteiger charge is -2.20. The maximum Gasteiger partial charge on any atom is 0.488 e. The number of ether oxygens (including phenoxy) is 2. The van der Waals surface area contributed by atoms with Crippen molar-refractivity contribution in [3.63, 3.8) is 0 Å². The van der Waals surface area contributed by atoms with Crippen LogP contribution in [0.5, 0.6) is 11.5 Å². The van der Waals surface area contributed by atoms with Crippen LogP contribution >= 0.6 is 22.6 Å². The first-order valence-electron chi connectivity index (χ1n) is 23.3. The van der Waals surface area contributed by atoms with Crippen molar-refractivity contribution in [3.05, 3.63) is 179 Å². The number of nitro benzene ring substituents is 2. The van der Waals surface area contributed by atoms with E-state index in [4.69, 9.17) is 29.2 Å². The number of oxime groups is 2. The van der Waals surface area contributed by atoms with Crippen molar-refractivity contribution >= 4 is 81.5 Å². The number of hydrogen-bond donors (Lipinski definition) is 6. The Bertz CT molecular complexity index is 3070. The molecule has 0 spiro atoms. The number of benzene rings is 6. The number of anilines is 2. The fraction of sp³-hybridized carbons (Fsp3) is 0.259. The number of carbonyl (C=O) groups excluding carboxylic acids is 2. The molecule has 76 heavy (non-hydrogen) atoms. The number of non-ortho nitro benzene ring substituents is 2. The van der Waals surface area contributed by atoms with Gasteiger partial charge < -0.3 is 39.4 Å². The van der Waals surface area contributed by atoms with Gasteiger partial charge in [-0.1, -0.05) is 34.6 Å². The van der Waals surface area contributed by atoms with Crippen LogP contribution in [0, 0.1) is 37.6 Å². The molecule has 6 N–H and O–H groups in total. The summed E-state index contributed by atoms with van der Waals surface area (Å²) in [6, 6.07) is 32.7. The molecule has 0 bridgehead atoms. The Kier molecular flexibility index (Phi) is 21.8. The van der Waals surface area contributed by atoms with Crippen LogP contribution in [0.15, 0.2) is 132 Å². The molecule has 6 rings (SSSR count). The summed E-state index contributed by atoms with van der Waals surface area (Å²) in [7, 11) is -1.56. The Morgan fingerprint density at radius 1 is 0.618 bits per heavy atom. The fourth-order valence-corrected chi connectivity index (χ4v) is 7.50. The monoisotopic (exact) mass is 1150 g/mol. The van der Waals surface area contributed by atoms with E-state index in [1.807, 2.05) is 37.3 Å². The van der Waals surface area contributed by atoms with Crippen molar-refractivity contribution < 1.29 is 58.8 Å². The van der Waals surface area contributed by atoms with Crippen LogP contribution in [0.25, 0.3) is 11.1 Å². The molecule has 0 aliphatic carbocycles. The highest BCUT2D eigenvalue weighted by molar-refractivity contribution is 14.1. The van der Waals surface area contributed by atoms with E-state index in [1.54, 1.807) is 123 Å². The minimum Gasteiger partial charge on any atom is -0.508 e. The molecule has 0 fully saturated rings. The van der Waals surface area contributed by atoms with E-state index < -0.39 is 40.4 Å². The summed E-state index contributed by atoms with van der Waals surface area (Å²) < 4.78 is 11.4. The molecule has 0 aromatic heterocycles. The van der Waals surface area contributed by atoms with E-state index in [0.717, 1.165) is 37.0 Å². The van der Waals surface area contributed by atoms with E-state index in [2.05, 4.69) is 43.5 Å². The number of halogens is 1. The number of nitro groups is 2. The van der Waals surface area contributed by atoms with Gasteiger partial charge in [-0.05, 0) is 203 Å². The van der Waals surface area contributed by atoms with Crippen molar-refractivity contribution in [1.29, 1.82) is 0 Å². The predicted octanol–water partition coefficient (Wildman–Crippen LogP) is 11.4. The second-order valence-corrected chi connectivity index (χ2v) is 20.0. The second kappa shape index (κ2) is 27.4. The molecule has 0 aliphatic rings. The lowest BCUT2D eigenvalue weighted by Crippen LogP contribution is -2.31. The fourth-order valence-electron chi connectivity index (χ4n) is 6.49. The van der Waals surface area contributed by atoms with E-state index in [1.165, 1.54) is 30.3 Å². The van der Waals surface area contributed by atoms with Gasteiger partial charge in [-0.2, -0.15) is 0 Å². The summed E-state index contributed by atoms with van der Waals surface area (Å²) >= 11 is 2.18. The first kappa shape index (κ1) is 60.5. The number of amides is 2. The van der Waals surface area contributed by atoms with Crippen molar-refractivity contribution in [2.45, 2.75) is 93.7 Å². The number of carbonyl (C=O) groups is 2. The van der Waals surface area contributed by atoms with E-state index in [0.29, 0.717) is 39.4 Å². The summed E-state index contributed by atoms with van der Waals surface area (Å²) in [6.45, 7) is 18.2. The molecular weight excluding hydrogens is 1090 g/mol. The van der Waals surface area contributed by atoms with Gasteiger partial charge in [-0.25, -0.2) is 9.59 Å². The van der Waals surface area contributed by atoms with Crippen LogP contribution in [0.1, 0.15) is 88.8 Å². The number of rotatable bonds is 14. The molecule has 0 saturated heterocycles. The number of phenolic OH excluding ortho intramolecular Hbond substituents is 2. The normalized spacial score (nSPS) is 11.4. The Balaban J connectivity index is 0.000000267. The molecule has 0 unspecified atom stereocenters. The summed E-state index contributed by atoms with van der Waals surface area (Å²) in [4.78, 5) is 54.9. The molecule has 0 atom stereocenters. The van der Waals surface area contributed by atoms with Gasteiger partial charge in [0.15, 0.2) is 0 Å². The molecule has 0 saturated carbocycles. The van der Waals surface area contributed by atoms with Crippen molar-refractivity contribution in [2.24, 2.45) is 10.3 Å². The minimum absolute atomic E-state index is 0.00148. The Hall–Kier alpha value is -8.09. The van der Waals surface area contributed by atoms with Gasteiger partial charge in [0.25, 0.3) is 11.4 Å². The van der Waals surface area contributed by atoms with Gasteiger partial charge in [-0.15, -0.1) is 0 Å². The van der Waals surface area contributed by atoms with E-state index in [9.17, 15) is 40.0 Å².